The molecule has 1 N–H and O–H groups in total. The van der Waals surface area contributed by atoms with Crippen molar-refractivity contribution in [3.8, 4) is 17.2 Å². The number of nitrogens with zero attached hydrogens (tertiary/aromatic N) is 2. The van der Waals surface area contributed by atoms with Gasteiger partial charge in [-0.25, -0.2) is 5.43 Å². The maximum Gasteiger partial charge on any atom is 0.271 e. The first-order valence-corrected chi connectivity index (χ1v) is 10.7. The van der Waals surface area contributed by atoms with Crippen molar-refractivity contribution in [2.45, 2.75) is 20.5 Å². The summed E-state index contributed by atoms with van der Waals surface area (Å²) in [5.74, 6) is 1.40. The van der Waals surface area contributed by atoms with Crippen molar-refractivity contribution in [3.05, 3.63) is 93.5 Å². The molecule has 0 aliphatic rings. The highest BCUT2D eigenvalue weighted by atomic mass is 16.6. The Morgan fingerprint density at radius 3 is 2.29 bits per heavy atom. The number of nitro benzene ring substituents is 1. The first-order chi connectivity index (χ1) is 16.5. The molecule has 3 aromatic carbocycles. The zero-order valence-electron chi connectivity index (χ0n) is 18.9. The molecule has 9 heteroatoms. The van der Waals surface area contributed by atoms with Crippen LogP contribution in [0.5, 0.6) is 17.2 Å². The van der Waals surface area contributed by atoms with E-state index in [2.05, 4.69) is 10.5 Å². The Balaban J connectivity index is 1.61. The Hall–Kier alpha value is -4.40. The molecule has 34 heavy (non-hydrogen) atoms. The largest absolute Gasteiger partial charge is 0.494 e. The van der Waals surface area contributed by atoms with Gasteiger partial charge < -0.3 is 14.2 Å². The number of hydrogen-bond acceptors (Lipinski definition) is 7. The topological polar surface area (TPSA) is 112 Å². The third-order valence-corrected chi connectivity index (χ3v) is 4.62. The van der Waals surface area contributed by atoms with Crippen molar-refractivity contribution >= 4 is 17.8 Å². The highest BCUT2D eigenvalue weighted by molar-refractivity contribution is 5.95. The van der Waals surface area contributed by atoms with Gasteiger partial charge in [-0.15, -0.1) is 0 Å². The molecule has 0 aliphatic heterocycles. The van der Waals surface area contributed by atoms with Gasteiger partial charge in [-0.2, -0.15) is 5.10 Å². The summed E-state index contributed by atoms with van der Waals surface area (Å²) < 4.78 is 16.9. The molecule has 3 aromatic rings. The molecule has 0 bridgehead atoms. The molecule has 176 valence electrons. The zero-order valence-corrected chi connectivity index (χ0v) is 18.9. The summed E-state index contributed by atoms with van der Waals surface area (Å²) in [7, 11) is 0. The molecule has 3 rings (SSSR count). The Bertz CT molecular complexity index is 1140. The molecule has 0 saturated carbocycles. The maximum absolute atomic E-state index is 12.3. The number of rotatable bonds is 11. The molecular formula is C25H25N3O6. The van der Waals surface area contributed by atoms with Gasteiger partial charge in [-0.3, -0.25) is 14.9 Å². The third-order valence-electron chi connectivity index (χ3n) is 4.62. The van der Waals surface area contributed by atoms with Crippen molar-refractivity contribution in [1.82, 2.24) is 5.43 Å². The van der Waals surface area contributed by atoms with Crippen molar-refractivity contribution in [2.75, 3.05) is 13.2 Å². The van der Waals surface area contributed by atoms with Gasteiger partial charge in [-0.05, 0) is 79.6 Å². The van der Waals surface area contributed by atoms with E-state index in [0.29, 0.717) is 41.6 Å². The van der Waals surface area contributed by atoms with E-state index in [1.807, 2.05) is 13.8 Å². The zero-order chi connectivity index (χ0) is 24.3. The van der Waals surface area contributed by atoms with Crippen LogP contribution in [0.15, 0.2) is 71.8 Å². The number of hydrogen-bond donors (Lipinski definition) is 1. The minimum Gasteiger partial charge on any atom is -0.494 e. The van der Waals surface area contributed by atoms with Crippen molar-refractivity contribution in [1.29, 1.82) is 0 Å². The fourth-order valence-electron chi connectivity index (χ4n) is 2.97. The lowest BCUT2D eigenvalue weighted by Crippen LogP contribution is -2.17. The monoisotopic (exact) mass is 463 g/mol. The van der Waals surface area contributed by atoms with E-state index in [1.165, 1.54) is 18.3 Å². The van der Waals surface area contributed by atoms with E-state index < -0.39 is 4.92 Å². The van der Waals surface area contributed by atoms with Crippen LogP contribution in [-0.4, -0.2) is 30.3 Å². The summed E-state index contributed by atoms with van der Waals surface area (Å²) in [5, 5.41) is 14.8. The van der Waals surface area contributed by atoms with Crippen LogP contribution in [0.25, 0.3) is 0 Å². The molecule has 0 aromatic heterocycles. The molecule has 0 fully saturated rings. The Morgan fingerprint density at radius 2 is 1.65 bits per heavy atom. The van der Waals surface area contributed by atoms with Gasteiger partial charge in [0.05, 0.1) is 24.4 Å². The number of hydrazone groups is 1. The van der Waals surface area contributed by atoms with Crippen LogP contribution < -0.4 is 19.6 Å². The summed E-state index contributed by atoms with van der Waals surface area (Å²) in [5.41, 5.74) is 4.48. The Labute approximate surface area is 197 Å². The molecule has 0 heterocycles. The van der Waals surface area contributed by atoms with E-state index in [1.54, 1.807) is 54.6 Å². The van der Waals surface area contributed by atoms with Crippen LogP contribution in [0, 0.1) is 10.1 Å². The number of nitro groups is 1. The van der Waals surface area contributed by atoms with Crippen LogP contribution in [0.2, 0.25) is 0 Å². The number of carbonyl (C=O) groups excluding carboxylic acids is 1. The van der Waals surface area contributed by atoms with Crippen LogP contribution >= 0.6 is 0 Å². The van der Waals surface area contributed by atoms with E-state index in [-0.39, 0.29) is 18.2 Å². The van der Waals surface area contributed by atoms with Crippen LogP contribution in [0.4, 0.5) is 5.69 Å². The van der Waals surface area contributed by atoms with E-state index in [4.69, 9.17) is 14.2 Å². The average Bonchev–Trinajstić information content (AvgIpc) is 2.84. The molecule has 0 atom stereocenters. The van der Waals surface area contributed by atoms with Gasteiger partial charge in [0.1, 0.15) is 12.4 Å². The molecule has 0 aliphatic carbocycles. The fraction of sp³-hybridized carbons (Fsp3) is 0.200. The molecule has 0 spiro atoms. The second kappa shape index (κ2) is 12.0. The summed E-state index contributed by atoms with van der Waals surface area (Å²) in [6, 6.07) is 18.2. The second-order valence-corrected chi connectivity index (χ2v) is 7.01. The highest BCUT2D eigenvalue weighted by Crippen LogP contribution is 2.29. The molecule has 1 amide bonds. The SMILES string of the molecule is CCOc1ccc(C(=O)N/N=C\c2ccc(OCc3ccc([N+](=O)[O-])cc3)c(OCC)c2)cc1. The fourth-order valence-corrected chi connectivity index (χ4v) is 2.97. The number of ether oxygens (including phenoxy) is 3. The van der Waals surface area contributed by atoms with Crippen molar-refractivity contribution < 1.29 is 23.9 Å². The minimum atomic E-state index is -0.446. The number of carbonyl (C=O) groups is 1. The molecule has 9 nitrogen and oxygen atoms in total. The molecule has 0 unspecified atom stereocenters. The van der Waals surface area contributed by atoms with Gasteiger partial charge in [0.25, 0.3) is 11.6 Å². The molecular weight excluding hydrogens is 438 g/mol. The number of benzene rings is 3. The third kappa shape index (κ3) is 6.80. The van der Waals surface area contributed by atoms with E-state index in [9.17, 15) is 14.9 Å². The smallest absolute Gasteiger partial charge is 0.271 e. The number of non-ortho nitro benzene ring substituents is 1. The molecule has 0 saturated heterocycles. The van der Waals surface area contributed by atoms with Crippen molar-refractivity contribution in [3.63, 3.8) is 0 Å². The number of nitrogens with one attached hydrogen (secondary N) is 1. The summed E-state index contributed by atoms with van der Waals surface area (Å²) in [4.78, 5) is 22.6. The average molecular weight is 463 g/mol. The summed E-state index contributed by atoms with van der Waals surface area (Å²) in [6.45, 7) is 4.97. The van der Waals surface area contributed by atoms with E-state index in [0.717, 1.165) is 5.56 Å². The maximum atomic E-state index is 12.3. The van der Waals surface area contributed by atoms with Gasteiger partial charge in [-0.1, -0.05) is 0 Å². The quantitative estimate of drug-likeness (QED) is 0.250. The first-order valence-electron chi connectivity index (χ1n) is 10.7. The lowest BCUT2D eigenvalue weighted by Gasteiger charge is -2.12. The highest BCUT2D eigenvalue weighted by Gasteiger charge is 2.09. The van der Waals surface area contributed by atoms with Gasteiger partial charge in [0.15, 0.2) is 11.5 Å². The normalized spacial score (nSPS) is 10.6. The first kappa shape index (κ1) is 24.2. The van der Waals surface area contributed by atoms with Gasteiger partial charge in [0, 0.05) is 17.7 Å². The van der Waals surface area contributed by atoms with Crippen LogP contribution in [-0.2, 0) is 6.61 Å². The lowest BCUT2D eigenvalue weighted by molar-refractivity contribution is -0.384. The summed E-state index contributed by atoms with van der Waals surface area (Å²) >= 11 is 0. The summed E-state index contributed by atoms with van der Waals surface area (Å²) in [6.07, 6.45) is 1.51. The predicted molar refractivity (Wildman–Crippen MR) is 128 cm³/mol. The molecule has 0 radical (unpaired) electrons. The van der Waals surface area contributed by atoms with Crippen LogP contribution in [0.1, 0.15) is 35.3 Å². The second-order valence-electron chi connectivity index (χ2n) is 7.01. The Kier molecular flexibility index (Phi) is 8.56. The van der Waals surface area contributed by atoms with Gasteiger partial charge >= 0.3 is 0 Å². The lowest BCUT2D eigenvalue weighted by atomic mass is 10.2. The van der Waals surface area contributed by atoms with E-state index >= 15 is 0 Å². The predicted octanol–water partition coefficient (Wildman–Crippen LogP) is 4.74. The van der Waals surface area contributed by atoms with Gasteiger partial charge in [0.2, 0.25) is 0 Å². The number of amides is 1. The Morgan fingerprint density at radius 1 is 0.941 bits per heavy atom. The van der Waals surface area contributed by atoms with Crippen molar-refractivity contribution in [2.24, 2.45) is 5.10 Å². The minimum absolute atomic E-state index is 0.0250. The van der Waals surface area contributed by atoms with Crippen LogP contribution in [0.3, 0.4) is 0 Å². The standard InChI is InChI=1S/C25H25N3O6/c1-3-32-22-12-8-20(9-13-22)25(29)27-26-16-19-7-14-23(24(15-19)33-4-2)34-17-18-5-10-21(11-6-18)28(30)31/h5-16H,3-4,17H2,1-2H3,(H,27,29)/b26-16-.